The number of nitrogens with one attached hydrogen (secondary N) is 1. The molecule has 0 unspecified atom stereocenters. The summed E-state index contributed by atoms with van der Waals surface area (Å²) in [5, 5.41) is 11.5. The van der Waals surface area contributed by atoms with Crippen LogP contribution in [0.4, 0.5) is 5.69 Å². The van der Waals surface area contributed by atoms with Crippen molar-refractivity contribution in [3.05, 3.63) is 65.5 Å². The van der Waals surface area contributed by atoms with Crippen molar-refractivity contribution >= 4 is 5.69 Å². The van der Waals surface area contributed by atoms with E-state index in [0.29, 0.717) is 18.3 Å². The number of hydrogen-bond acceptors (Lipinski definition) is 4. The molecule has 1 heterocycles. The van der Waals surface area contributed by atoms with Crippen LogP contribution in [0.25, 0.3) is 11.5 Å². The summed E-state index contributed by atoms with van der Waals surface area (Å²) >= 11 is 0. The molecule has 2 aromatic carbocycles. The Bertz CT molecular complexity index is 715. The van der Waals surface area contributed by atoms with Gasteiger partial charge in [0, 0.05) is 11.3 Å². The van der Waals surface area contributed by atoms with Crippen LogP contribution in [-0.2, 0) is 6.54 Å². The fraction of sp³-hybridized carbons (Fsp3) is 0.176. The number of rotatable bonds is 4. The van der Waals surface area contributed by atoms with Gasteiger partial charge in [0.25, 0.3) is 0 Å². The summed E-state index contributed by atoms with van der Waals surface area (Å²) in [5.41, 5.74) is 4.47. The zero-order chi connectivity index (χ0) is 14.7. The number of aryl methyl sites for hydroxylation is 2. The van der Waals surface area contributed by atoms with Crippen molar-refractivity contribution in [2.24, 2.45) is 0 Å². The van der Waals surface area contributed by atoms with Crippen LogP contribution in [0.15, 0.2) is 52.9 Å². The van der Waals surface area contributed by atoms with Gasteiger partial charge < -0.3 is 9.73 Å². The van der Waals surface area contributed by atoms with Gasteiger partial charge in [-0.2, -0.15) is 0 Å². The van der Waals surface area contributed by atoms with Gasteiger partial charge in [0.15, 0.2) is 0 Å². The normalized spacial score (nSPS) is 10.6. The Morgan fingerprint density at radius 2 is 1.62 bits per heavy atom. The quantitative estimate of drug-likeness (QED) is 0.785. The summed E-state index contributed by atoms with van der Waals surface area (Å²) in [7, 11) is 0. The van der Waals surface area contributed by atoms with Gasteiger partial charge in [0.05, 0.1) is 6.54 Å². The minimum Gasteiger partial charge on any atom is -0.419 e. The second kappa shape index (κ2) is 5.79. The largest absolute Gasteiger partial charge is 0.419 e. The van der Waals surface area contributed by atoms with Gasteiger partial charge in [-0.1, -0.05) is 36.4 Å². The molecule has 0 radical (unpaired) electrons. The molecule has 0 atom stereocenters. The van der Waals surface area contributed by atoms with E-state index in [9.17, 15) is 0 Å². The molecule has 1 aromatic heterocycles. The predicted octanol–water partition coefficient (Wildman–Crippen LogP) is 3.97. The molecule has 1 N–H and O–H groups in total. The van der Waals surface area contributed by atoms with Crippen molar-refractivity contribution in [1.82, 2.24) is 10.2 Å². The van der Waals surface area contributed by atoms with Crippen LogP contribution in [0.1, 0.15) is 17.0 Å². The molecule has 0 aliphatic carbocycles. The van der Waals surface area contributed by atoms with E-state index in [1.807, 2.05) is 30.3 Å². The van der Waals surface area contributed by atoms with Crippen molar-refractivity contribution in [1.29, 1.82) is 0 Å². The van der Waals surface area contributed by atoms with Gasteiger partial charge in [-0.15, -0.1) is 10.2 Å². The van der Waals surface area contributed by atoms with E-state index < -0.39 is 0 Å². The lowest BCUT2D eigenvalue weighted by molar-refractivity contribution is 0.515. The first-order valence-corrected chi connectivity index (χ1v) is 6.92. The molecule has 0 spiro atoms. The zero-order valence-electron chi connectivity index (χ0n) is 12.1. The fourth-order valence-electron chi connectivity index (χ4n) is 2.28. The van der Waals surface area contributed by atoms with Crippen LogP contribution in [-0.4, -0.2) is 10.2 Å². The van der Waals surface area contributed by atoms with Gasteiger partial charge in [-0.05, 0) is 37.1 Å². The second-order valence-electron chi connectivity index (χ2n) is 4.99. The number of hydrogen-bond donors (Lipinski definition) is 1. The minimum absolute atomic E-state index is 0.519. The zero-order valence-corrected chi connectivity index (χ0v) is 12.1. The van der Waals surface area contributed by atoms with Crippen LogP contribution in [0.3, 0.4) is 0 Å². The molecule has 0 fully saturated rings. The third kappa shape index (κ3) is 2.94. The molecule has 4 nitrogen and oxygen atoms in total. The van der Waals surface area contributed by atoms with Crippen LogP contribution >= 0.6 is 0 Å². The summed E-state index contributed by atoms with van der Waals surface area (Å²) in [6.07, 6.45) is 0. The number of nitrogens with zero attached hydrogens (tertiary/aromatic N) is 2. The van der Waals surface area contributed by atoms with E-state index in [2.05, 4.69) is 47.6 Å². The molecular weight excluding hydrogens is 262 g/mol. The van der Waals surface area contributed by atoms with Crippen molar-refractivity contribution in [2.75, 3.05) is 5.32 Å². The predicted molar refractivity (Wildman–Crippen MR) is 83.0 cm³/mol. The first-order chi connectivity index (χ1) is 10.2. The molecule has 21 heavy (non-hydrogen) atoms. The monoisotopic (exact) mass is 279 g/mol. The van der Waals surface area contributed by atoms with Crippen LogP contribution in [0.5, 0.6) is 0 Å². The summed E-state index contributed by atoms with van der Waals surface area (Å²) in [6.45, 7) is 4.68. The molecule has 3 rings (SSSR count). The van der Waals surface area contributed by atoms with E-state index in [1.54, 1.807) is 0 Å². The van der Waals surface area contributed by atoms with Gasteiger partial charge >= 0.3 is 0 Å². The molecular formula is C17H17N3O. The number of aromatic nitrogens is 2. The molecule has 0 amide bonds. The summed E-state index contributed by atoms with van der Waals surface area (Å²) in [5.74, 6) is 1.13. The van der Waals surface area contributed by atoms with E-state index in [0.717, 1.165) is 11.3 Å². The topological polar surface area (TPSA) is 51.0 Å². The molecule has 0 saturated heterocycles. The lowest BCUT2D eigenvalue weighted by Crippen LogP contribution is -2.03. The second-order valence-corrected chi connectivity index (χ2v) is 4.99. The van der Waals surface area contributed by atoms with Crippen molar-refractivity contribution in [3.8, 4) is 11.5 Å². The summed E-state index contributed by atoms with van der Waals surface area (Å²) < 4.78 is 5.69. The molecule has 0 bridgehead atoms. The highest BCUT2D eigenvalue weighted by molar-refractivity contribution is 5.56. The van der Waals surface area contributed by atoms with Crippen LogP contribution < -0.4 is 5.32 Å². The van der Waals surface area contributed by atoms with Crippen molar-refractivity contribution in [3.63, 3.8) is 0 Å². The Hall–Kier alpha value is -2.62. The number of benzene rings is 2. The summed E-state index contributed by atoms with van der Waals surface area (Å²) in [4.78, 5) is 0. The highest BCUT2D eigenvalue weighted by Gasteiger charge is 2.09. The molecule has 0 aliphatic rings. The first kappa shape index (κ1) is 13.4. The van der Waals surface area contributed by atoms with Gasteiger partial charge in [0.2, 0.25) is 11.8 Å². The highest BCUT2D eigenvalue weighted by atomic mass is 16.4. The van der Waals surface area contributed by atoms with E-state index in [1.165, 1.54) is 11.1 Å². The van der Waals surface area contributed by atoms with Crippen molar-refractivity contribution < 1.29 is 4.42 Å². The van der Waals surface area contributed by atoms with Crippen molar-refractivity contribution in [2.45, 2.75) is 20.4 Å². The smallest absolute Gasteiger partial charge is 0.247 e. The summed E-state index contributed by atoms with van der Waals surface area (Å²) in [6, 6.07) is 16.0. The Morgan fingerprint density at radius 3 is 2.33 bits per heavy atom. The average Bonchev–Trinajstić information content (AvgIpc) is 2.97. The van der Waals surface area contributed by atoms with Crippen LogP contribution in [0, 0.1) is 13.8 Å². The van der Waals surface area contributed by atoms with Gasteiger partial charge in [0.1, 0.15) is 0 Å². The third-order valence-electron chi connectivity index (χ3n) is 3.39. The fourth-order valence-corrected chi connectivity index (χ4v) is 2.28. The Balaban J connectivity index is 1.74. The maximum Gasteiger partial charge on any atom is 0.247 e. The lowest BCUT2D eigenvalue weighted by atomic mass is 10.1. The maximum atomic E-state index is 5.69. The molecule has 0 saturated carbocycles. The maximum absolute atomic E-state index is 5.69. The minimum atomic E-state index is 0.519. The van der Waals surface area contributed by atoms with E-state index in [4.69, 9.17) is 4.42 Å². The standard InChI is InChI=1S/C17H17N3O/c1-12-7-6-8-13(2)16(12)18-11-15-19-20-17(21-15)14-9-4-3-5-10-14/h3-10,18H,11H2,1-2H3. The Kier molecular flexibility index (Phi) is 3.69. The first-order valence-electron chi connectivity index (χ1n) is 6.92. The number of anilines is 1. The van der Waals surface area contributed by atoms with Crippen LogP contribution in [0.2, 0.25) is 0 Å². The average molecular weight is 279 g/mol. The molecule has 106 valence electrons. The van der Waals surface area contributed by atoms with E-state index >= 15 is 0 Å². The molecule has 3 aromatic rings. The van der Waals surface area contributed by atoms with Gasteiger partial charge in [-0.3, -0.25) is 0 Å². The van der Waals surface area contributed by atoms with E-state index in [-0.39, 0.29) is 0 Å². The highest BCUT2D eigenvalue weighted by Crippen LogP contribution is 2.21. The SMILES string of the molecule is Cc1cccc(C)c1NCc1nnc(-c2ccccc2)o1. The Labute approximate surface area is 123 Å². The molecule has 4 heteroatoms. The third-order valence-corrected chi connectivity index (χ3v) is 3.39. The van der Waals surface area contributed by atoms with Gasteiger partial charge in [-0.25, -0.2) is 0 Å². The Morgan fingerprint density at radius 1 is 0.905 bits per heavy atom. The molecule has 0 aliphatic heterocycles. The lowest BCUT2D eigenvalue weighted by Gasteiger charge is -2.10. The number of para-hydroxylation sites is 1.